The van der Waals surface area contributed by atoms with Gasteiger partial charge in [0, 0.05) is 39.5 Å². The number of para-hydroxylation sites is 4. The van der Waals surface area contributed by atoms with Crippen molar-refractivity contribution in [2.45, 2.75) is 32.1 Å². The average molecular weight is 659 g/mol. The highest BCUT2D eigenvalue weighted by Crippen LogP contribution is 2.54. The maximum atomic E-state index is 2.45. The van der Waals surface area contributed by atoms with Gasteiger partial charge in [0.05, 0.1) is 0 Å². The SMILES string of the molecule is CCC1(CC)c2cc(/C=C/c3ccc(N(c4ccccc4)c4ccccc4)cc3)ccc2-c2ccc(N(c3ccccc3)c3ccccc3)cc21. The van der Waals surface area contributed by atoms with Crippen molar-refractivity contribution in [3.8, 4) is 11.1 Å². The van der Waals surface area contributed by atoms with Gasteiger partial charge in [-0.15, -0.1) is 0 Å². The third-order valence-corrected chi connectivity index (χ3v) is 10.5. The van der Waals surface area contributed by atoms with Gasteiger partial charge in [0.1, 0.15) is 0 Å². The van der Waals surface area contributed by atoms with Crippen LogP contribution in [0.5, 0.6) is 0 Å². The fraction of sp³-hybridized carbons (Fsp3) is 0.102. The van der Waals surface area contributed by atoms with Crippen LogP contribution in [0.25, 0.3) is 23.3 Å². The molecule has 0 bridgehead atoms. The molecule has 0 aliphatic heterocycles. The van der Waals surface area contributed by atoms with E-state index in [2.05, 4.69) is 218 Å². The predicted octanol–water partition coefficient (Wildman–Crippen LogP) is 13.9. The lowest BCUT2D eigenvalue weighted by Gasteiger charge is -2.32. The Morgan fingerprint density at radius 1 is 0.373 bits per heavy atom. The molecule has 0 N–H and O–H groups in total. The van der Waals surface area contributed by atoms with Crippen LogP contribution in [0.2, 0.25) is 0 Å². The first-order chi connectivity index (χ1) is 25.2. The molecule has 2 heteroatoms. The molecule has 8 rings (SSSR count). The first-order valence-corrected chi connectivity index (χ1v) is 18.1. The van der Waals surface area contributed by atoms with Gasteiger partial charge in [-0.1, -0.05) is 135 Å². The Bertz CT molecular complexity index is 2170. The Hall–Kier alpha value is -6.12. The molecule has 7 aromatic rings. The molecule has 0 radical (unpaired) electrons. The fourth-order valence-corrected chi connectivity index (χ4v) is 7.88. The molecule has 2 nitrogen and oxygen atoms in total. The van der Waals surface area contributed by atoms with Crippen LogP contribution >= 0.6 is 0 Å². The molecule has 0 spiro atoms. The minimum absolute atomic E-state index is 0.0520. The van der Waals surface area contributed by atoms with Crippen LogP contribution in [-0.2, 0) is 5.41 Å². The van der Waals surface area contributed by atoms with Crippen LogP contribution in [-0.4, -0.2) is 0 Å². The lowest BCUT2D eigenvalue weighted by molar-refractivity contribution is 0.490. The highest BCUT2D eigenvalue weighted by molar-refractivity contribution is 5.87. The Labute approximate surface area is 302 Å². The molecule has 1 aliphatic carbocycles. The van der Waals surface area contributed by atoms with Gasteiger partial charge >= 0.3 is 0 Å². The molecule has 0 aromatic heterocycles. The van der Waals surface area contributed by atoms with Crippen molar-refractivity contribution >= 4 is 46.3 Å². The second-order valence-corrected chi connectivity index (χ2v) is 13.3. The van der Waals surface area contributed by atoms with Crippen LogP contribution in [0.4, 0.5) is 34.1 Å². The Morgan fingerprint density at radius 2 is 0.725 bits per heavy atom. The van der Waals surface area contributed by atoms with Crippen molar-refractivity contribution in [1.29, 1.82) is 0 Å². The summed E-state index contributed by atoms with van der Waals surface area (Å²) in [4.78, 5) is 4.67. The van der Waals surface area contributed by atoms with E-state index in [1.165, 1.54) is 39.1 Å². The van der Waals surface area contributed by atoms with Gasteiger partial charge in [-0.3, -0.25) is 0 Å². The number of hydrogen-bond donors (Lipinski definition) is 0. The van der Waals surface area contributed by atoms with E-state index < -0.39 is 0 Å². The van der Waals surface area contributed by atoms with E-state index in [4.69, 9.17) is 0 Å². The van der Waals surface area contributed by atoms with Gasteiger partial charge in [0.15, 0.2) is 0 Å². The number of rotatable bonds is 10. The molecule has 7 aromatic carbocycles. The summed E-state index contributed by atoms with van der Waals surface area (Å²) >= 11 is 0. The van der Waals surface area contributed by atoms with E-state index in [9.17, 15) is 0 Å². The fourth-order valence-electron chi connectivity index (χ4n) is 7.88. The van der Waals surface area contributed by atoms with Crippen LogP contribution in [0.3, 0.4) is 0 Å². The van der Waals surface area contributed by atoms with Crippen LogP contribution in [0.15, 0.2) is 182 Å². The monoisotopic (exact) mass is 658 g/mol. The smallest absolute Gasteiger partial charge is 0.0465 e. The Kier molecular flexibility index (Phi) is 8.82. The third-order valence-electron chi connectivity index (χ3n) is 10.5. The van der Waals surface area contributed by atoms with E-state index in [0.29, 0.717) is 0 Å². The maximum Gasteiger partial charge on any atom is 0.0465 e. The second kappa shape index (κ2) is 14.0. The van der Waals surface area contributed by atoms with E-state index >= 15 is 0 Å². The van der Waals surface area contributed by atoms with Crippen molar-refractivity contribution in [2.75, 3.05) is 9.80 Å². The van der Waals surface area contributed by atoms with Crippen molar-refractivity contribution < 1.29 is 0 Å². The van der Waals surface area contributed by atoms with Crippen molar-refractivity contribution in [1.82, 2.24) is 0 Å². The highest BCUT2D eigenvalue weighted by Gasteiger charge is 2.41. The summed E-state index contributed by atoms with van der Waals surface area (Å²) in [7, 11) is 0. The molecular formula is C49H42N2. The van der Waals surface area contributed by atoms with Gasteiger partial charge in [-0.2, -0.15) is 0 Å². The molecule has 0 amide bonds. The molecule has 0 fully saturated rings. The van der Waals surface area contributed by atoms with Gasteiger partial charge in [-0.25, -0.2) is 0 Å². The summed E-state index contributed by atoms with van der Waals surface area (Å²) in [5.41, 5.74) is 14.8. The predicted molar refractivity (Wildman–Crippen MR) is 218 cm³/mol. The van der Waals surface area contributed by atoms with Gasteiger partial charge < -0.3 is 9.80 Å². The molecule has 0 saturated carbocycles. The Balaban J connectivity index is 1.11. The zero-order chi connectivity index (χ0) is 34.6. The number of anilines is 6. The van der Waals surface area contributed by atoms with E-state index in [1.807, 2.05) is 0 Å². The molecular weight excluding hydrogens is 617 g/mol. The van der Waals surface area contributed by atoms with E-state index in [-0.39, 0.29) is 5.41 Å². The summed E-state index contributed by atoms with van der Waals surface area (Å²) < 4.78 is 0. The quantitative estimate of drug-likeness (QED) is 0.135. The van der Waals surface area contributed by atoms with E-state index in [0.717, 1.165) is 41.3 Å². The van der Waals surface area contributed by atoms with Gasteiger partial charge in [-0.05, 0) is 119 Å². The lowest BCUT2D eigenvalue weighted by atomic mass is 9.73. The van der Waals surface area contributed by atoms with Crippen molar-refractivity contribution in [2.24, 2.45) is 0 Å². The van der Waals surface area contributed by atoms with Crippen LogP contribution < -0.4 is 9.80 Å². The second-order valence-electron chi connectivity index (χ2n) is 13.3. The molecule has 248 valence electrons. The standard InChI is InChI=1S/C49H42N2/c1-3-49(4-2)47-35-38(26-25-37-27-30-43(31-28-37)50(39-17-9-5-10-18-39)40-19-11-6-12-20-40)29-33-45(47)46-34-32-44(36-48(46)49)51(41-21-13-7-14-22-41)42-23-15-8-16-24-42/h5-36H,3-4H2,1-2H3/b26-25+. The van der Waals surface area contributed by atoms with Crippen molar-refractivity contribution in [3.05, 3.63) is 204 Å². The third kappa shape index (κ3) is 6.04. The molecule has 0 heterocycles. The van der Waals surface area contributed by atoms with Crippen LogP contribution in [0, 0.1) is 0 Å². The normalized spacial score (nSPS) is 12.7. The molecule has 51 heavy (non-hydrogen) atoms. The summed E-state index contributed by atoms with van der Waals surface area (Å²) in [6.45, 7) is 4.69. The maximum absolute atomic E-state index is 2.45. The summed E-state index contributed by atoms with van der Waals surface area (Å²) in [6, 6.07) is 65.5. The first kappa shape index (κ1) is 32.1. The van der Waals surface area contributed by atoms with Crippen molar-refractivity contribution in [3.63, 3.8) is 0 Å². The topological polar surface area (TPSA) is 6.48 Å². The minimum Gasteiger partial charge on any atom is -0.311 e. The lowest BCUT2D eigenvalue weighted by Crippen LogP contribution is -2.23. The van der Waals surface area contributed by atoms with Crippen LogP contribution in [0.1, 0.15) is 48.9 Å². The number of fused-ring (bicyclic) bond motifs is 3. The molecule has 0 unspecified atom stereocenters. The largest absolute Gasteiger partial charge is 0.311 e. The number of benzene rings is 7. The zero-order valence-electron chi connectivity index (χ0n) is 29.3. The molecule has 0 atom stereocenters. The number of hydrogen-bond acceptors (Lipinski definition) is 2. The average Bonchev–Trinajstić information content (AvgIpc) is 3.48. The zero-order valence-corrected chi connectivity index (χ0v) is 29.3. The summed E-state index contributed by atoms with van der Waals surface area (Å²) in [6.07, 6.45) is 6.58. The first-order valence-electron chi connectivity index (χ1n) is 18.1. The summed E-state index contributed by atoms with van der Waals surface area (Å²) in [5.74, 6) is 0. The van der Waals surface area contributed by atoms with Gasteiger partial charge in [0.2, 0.25) is 0 Å². The number of nitrogens with zero attached hydrogens (tertiary/aromatic N) is 2. The van der Waals surface area contributed by atoms with Gasteiger partial charge in [0.25, 0.3) is 0 Å². The Morgan fingerprint density at radius 3 is 1.20 bits per heavy atom. The van der Waals surface area contributed by atoms with E-state index in [1.54, 1.807) is 0 Å². The molecule has 0 saturated heterocycles. The highest BCUT2D eigenvalue weighted by atomic mass is 15.1. The molecule has 1 aliphatic rings. The summed E-state index contributed by atoms with van der Waals surface area (Å²) in [5, 5.41) is 0. The minimum atomic E-state index is -0.0520.